The number of amides is 1. The van der Waals surface area contributed by atoms with Crippen molar-refractivity contribution in [2.24, 2.45) is 0 Å². The predicted molar refractivity (Wildman–Crippen MR) is 105 cm³/mol. The van der Waals surface area contributed by atoms with Gasteiger partial charge in [-0.2, -0.15) is 0 Å². The van der Waals surface area contributed by atoms with Crippen molar-refractivity contribution in [3.8, 4) is 5.75 Å². The Morgan fingerprint density at radius 2 is 1.90 bits per heavy atom. The summed E-state index contributed by atoms with van der Waals surface area (Å²) in [6, 6.07) is 9.73. The van der Waals surface area contributed by atoms with E-state index in [2.05, 4.69) is 0 Å². The lowest BCUT2D eigenvalue weighted by Crippen LogP contribution is -2.33. The minimum Gasteiger partial charge on any atom is -0.507 e. The summed E-state index contributed by atoms with van der Waals surface area (Å²) in [5.41, 5.74) is 1.07. The van der Waals surface area contributed by atoms with Gasteiger partial charge in [-0.25, -0.2) is 4.39 Å². The first-order valence-electron chi connectivity index (χ1n) is 9.07. The molecule has 152 valence electrons. The molecule has 1 fully saturated rings. The van der Waals surface area contributed by atoms with Gasteiger partial charge in [-0.3, -0.25) is 9.59 Å². The maximum atomic E-state index is 14.6. The van der Waals surface area contributed by atoms with Gasteiger partial charge >= 0.3 is 0 Å². The van der Waals surface area contributed by atoms with Crippen molar-refractivity contribution in [3.05, 3.63) is 70.5 Å². The zero-order valence-corrected chi connectivity index (χ0v) is 16.4. The first kappa shape index (κ1) is 20.5. The Bertz CT molecular complexity index is 985. The maximum absolute atomic E-state index is 14.6. The number of likely N-dealkylation sites (tertiary alicyclic amines) is 1. The lowest BCUT2D eigenvalue weighted by molar-refractivity contribution is -0.140. The number of ketones is 1. The molecule has 1 aliphatic heterocycles. The third-order valence-electron chi connectivity index (χ3n) is 4.94. The number of hydrogen-bond acceptors (Lipinski definition) is 5. The number of rotatable bonds is 6. The number of aliphatic hydroxyl groups excluding tert-OH is 1. The van der Waals surface area contributed by atoms with Gasteiger partial charge in [-0.15, -0.1) is 0 Å². The maximum Gasteiger partial charge on any atom is 0.295 e. The van der Waals surface area contributed by atoms with Crippen LogP contribution in [-0.2, 0) is 14.3 Å². The van der Waals surface area contributed by atoms with Gasteiger partial charge in [0.15, 0.2) is 0 Å². The second-order valence-electron chi connectivity index (χ2n) is 6.69. The highest BCUT2D eigenvalue weighted by molar-refractivity contribution is 6.46. The largest absolute Gasteiger partial charge is 0.507 e. The van der Waals surface area contributed by atoms with Gasteiger partial charge in [0.25, 0.3) is 11.7 Å². The molecule has 0 radical (unpaired) electrons. The molecule has 7 heteroatoms. The smallest absolute Gasteiger partial charge is 0.295 e. The van der Waals surface area contributed by atoms with E-state index in [-0.39, 0.29) is 30.0 Å². The second kappa shape index (κ2) is 8.45. The van der Waals surface area contributed by atoms with Crippen LogP contribution in [-0.4, -0.2) is 49.1 Å². The van der Waals surface area contributed by atoms with Gasteiger partial charge in [-0.05, 0) is 36.8 Å². The minimum atomic E-state index is -1.05. The number of aliphatic hydroxyl groups is 1. The molecule has 1 unspecified atom stereocenters. The Morgan fingerprint density at radius 1 is 1.17 bits per heavy atom. The topological polar surface area (TPSA) is 76.1 Å². The van der Waals surface area contributed by atoms with E-state index in [0.29, 0.717) is 11.3 Å². The van der Waals surface area contributed by atoms with E-state index in [0.717, 1.165) is 5.56 Å². The van der Waals surface area contributed by atoms with Crippen molar-refractivity contribution in [1.29, 1.82) is 0 Å². The van der Waals surface area contributed by atoms with E-state index in [4.69, 9.17) is 9.47 Å². The van der Waals surface area contributed by atoms with Crippen LogP contribution in [0.2, 0.25) is 0 Å². The van der Waals surface area contributed by atoms with Crippen LogP contribution in [0.5, 0.6) is 5.75 Å². The Hall–Kier alpha value is -3.19. The van der Waals surface area contributed by atoms with Crippen molar-refractivity contribution in [2.45, 2.75) is 13.0 Å². The standard InChI is InChI=1S/C22H22FNO5/c1-13-12-14(8-9-17(13)29-3)20(25)18-19(15-6-4-5-7-16(15)23)24(10-11-28-2)22(27)21(18)26/h4-9,12,19,25H,10-11H2,1-3H3/b20-18+. The first-order valence-corrected chi connectivity index (χ1v) is 9.07. The normalized spacial score (nSPS) is 18.3. The molecule has 2 aromatic rings. The van der Waals surface area contributed by atoms with Crippen LogP contribution in [0.1, 0.15) is 22.7 Å². The van der Waals surface area contributed by atoms with Gasteiger partial charge in [0, 0.05) is 24.8 Å². The molecule has 0 bridgehead atoms. The lowest BCUT2D eigenvalue weighted by atomic mass is 9.94. The summed E-state index contributed by atoms with van der Waals surface area (Å²) in [4.78, 5) is 26.7. The summed E-state index contributed by atoms with van der Waals surface area (Å²) in [5.74, 6) is -1.98. The Kier molecular flexibility index (Phi) is 5.98. The highest BCUT2D eigenvalue weighted by atomic mass is 19.1. The van der Waals surface area contributed by atoms with Crippen LogP contribution < -0.4 is 4.74 Å². The molecular weight excluding hydrogens is 377 g/mol. The van der Waals surface area contributed by atoms with Gasteiger partial charge < -0.3 is 19.5 Å². The van der Waals surface area contributed by atoms with Crippen molar-refractivity contribution in [2.75, 3.05) is 27.4 Å². The highest BCUT2D eigenvalue weighted by Crippen LogP contribution is 2.40. The fourth-order valence-electron chi connectivity index (χ4n) is 3.50. The van der Waals surface area contributed by atoms with Crippen LogP contribution in [0.4, 0.5) is 4.39 Å². The highest BCUT2D eigenvalue weighted by Gasteiger charge is 2.46. The molecule has 6 nitrogen and oxygen atoms in total. The fourth-order valence-corrected chi connectivity index (χ4v) is 3.50. The zero-order chi connectivity index (χ0) is 21.1. The van der Waals surface area contributed by atoms with Crippen LogP contribution in [0.25, 0.3) is 5.76 Å². The van der Waals surface area contributed by atoms with E-state index in [1.54, 1.807) is 31.2 Å². The third-order valence-corrected chi connectivity index (χ3v) is 4.94. The Labute approximate surface area is 168 Å². The van der Waals surface area contributed by atoms with Crippen molar-refractivity contribution in [3.63, 3.8) is 0 Å². The van der Waals surface area contributed by atoms with Gasteiger partial charge in [0.1, 0.15) is 17.3 Å². The number of benzene rings is 2. The molecule has 0 aromatic heterocycles. The molecule has 0 spiro atoms. The molecule has 3 rings (SSSR count). The van der Waals surface area contributed by atoms with E-state index in [1.807, 2.05) is 0 Å². The summed E-state index contributed by atoms with van der Waals surface area (Å²) in [6.45, 7) is 2.04. The molecule has 1 aliphatic rings. The molecule has 1 saturated heterocycles. The SMILES string of the molecule is COCCN1C(=O)C(=O)/C(=C(/O)c2ccc(OC)c(C)c2)C1c1ccccc1F. The quantitative estimate of drug-likeness (QED) is 0.459. The Balaban J connectivity index is 2.19. The summed E-state index contributed by atoms with van der Waals surface area (Å²) in [5, 5.41) is 10.9. The van der Waals surface area contributed by atoms with Crippen LogP contribution >= 0.6 is 0 Å². The minimum absolute atomic E-state index is 0.0818. The van der Waals surface area contributed by atoms with Crippen molar-refractivity contribution in [1.82, 2.24) is 4.90 Å². The molecule has 1 amide bonds. The number of carbonyl (C=O) groups is 2. The number of hydrogen-bond donors (Lipinski definition) is 1. The molecule has 1 heterocycles. The molecule has 1 N–H and O–H groups in total. The molecule has 1 atom stereocenters. The average molecular weight is 399 g/mol. The number of ether oxygens (including phenoxy) is 2. The van der Waals surface area contributed by atoms with E-state index in [9.17, 15) is 19.1 Å². The zero-order valence-electron chi connectivity index (χ0n) is 16.4. The van der Waals surface area contributed by atoms with Crippen LogP contribution in [0, 0.1) is 12.7 Å². The summed E-state index contributed by atoms with van der Waals surface area (Å²) in [6.07, 6.45) is 0. The second-order valence-corrected chi connectivity index (χ2v) is 6.69. The summed E-state index contributed by atoms with van der Waals surface area (Å²) < 4.78 is 24.8. The Morgan fingerprint density at radius 3 is 2.52 bits per heavy atom. The van der Waals surface area contributed by atoms with Crippen molar-refractivity contribution < 1.29 is 28.6 Å². The van der Waals surface area contributed by atoms with Crippen LogP contribution in [0.15, 0.2) is 48.0 Å². The van der Waals surface area contributed by atoms with Crippen molar-refractivity contribution >= 4 is 17.4 Å². The van der Waals surface area contributed by atoms with E-state index < -0.39 is 23.5 Å². The molecule has 2 aromatic carbocycles. The molecule has 29 heavy (non-hydrogen) atoms. The number of aryl methyl sites for hydroxylation is 1. The number of Topliss-reactive ketones (excluding diaryl/α,β-unsaturated/α-hetero) is 1. The van der Waals surface area contributed by atoms with Crippen LogP contribution in [0.3, 0.4) is 0 Å². The van der Waals surface area contributed by atoms with Gasteiger partial charge in [0.2, 0.25) is 0 Å². The number of carbonyl (C=O) groups excluding carboxylic acids is 2. The average Bonchev–Trinajstić information content (AvgIpc) is 2.96. The number of nitrogens with zero attached hydrogens (tertiary/aromatic N) is 1. The summed E-state index contributed by atoms with van der Waals surface area (Å²) >= 11 is 0. The number of methoxy groups -OCH3 is 2. The predicted octanol–water partition coefficient (Wildman–Crippen LogP) is 3.21. The third kappa shape index (κ3) is 3.73. The molecular formula is C22H22FNO5. The molecule has 0 aliphatic carbocycles. The number of halogens is 1. The van der Waals surface area contributed by atoms with E-state index in [1.165, 1.54) is 37.3 Å². The first-order chi connectivity index (χ1) is 13.9. The van der Waals surface area contributed by atoms with Gasteiger partial charge in [-0.1, -0.05) is 18.2 Å². The van der Waals surface area contributed by atoms with Gasteiger partial charge in [0.05, 0.1) is 25.3 Å². The monoisotopic (exact) mass is 399 g/mol. The summed E-state index contributed by atoms with van der Waals surface area (Å²) in [7, 11) is 3.00. The lowest BCUT2D eigenvalue weighted by Gasteiger charge is -2.25. The van der Waals surface area contributed by atoms with E-state index >= 15 is 0 Å². The molecule has 0 saturated carbocycles. The fraction of sp³-hybridized carbons (Fsp3) is 0.273.